The summed E-state index contributed by atoms with van der Waals surface area (Å²) in [7, 11) is -3.81. The van der Waals surface area contributed by atoms with Crippen molar-refractivity contribution < 1.29 is 8.42 Å². The lowest BCUT2D eigenvalue weighted by molar-refractivity contribution is 0.271. The molecule has 1 saturated heterocycles. The van der Waals surface area contributed by atoms with E-state index in [0.29, 0.717) is 30.2 Å². The zero-order chi connectivity index (χ0) is 18.0. The normalized spacial score (nSPS) is 18.0. The predicted molar refractivity (Wildman–Crippen MR) is 104 cm³/mol. The Morgan fingerprint density at radius 1 is 1.27 bits per heavy atom. The van der Waals surface area contributed by atoms with Gasteiger partial charge in [0.25, 0.3) is 0 Å². The van der Waals surface area contributed by atoms with Crippen LogP contribution in [0.15, 0.2) is 47.4 Å². The smallest absolute Gasteiger partial charge is 0.245 e. The van der Waals surface area contributed by atoms with E-state index in [1.807, 2.05) is 18.2 Å². The molecule has 0 amide bonds. The van der Waals surface area contributed by atoms with Crippen molar-refractivity contribution in [2.45, 2.75) is 17.9 Å². The zero-order valence-electron chi connectivity index (χ0n) is 14.1. The summed E-state index contributed by atoms with van der Waals surface area (Å²) in [5, 5.41) is 13.2. The highest BCUT2D eigenvalue weighted by Crippen LogP contribution is 2.31. The zero-order valence-corrected chi connectivity index (χ0v) is 16.5. The molecule has 1 aliphatic rings. The number of nitriles is 1. The number of nitrogens with zero attached hydrogens (tertiary/aromatic N) is 2. The number of sulfonamides is 1. The monoisotopic (exact) mass is 411 g/mol. The quantitative estimate of drug-likeness (QED) is 0.840. The largest absolute Gasteiger partial charge is 0.313 e. The average molecular weight is 412 g/mol. The van der Waals surface area contributed by atoms with E-state index in [4.69, 9.17) is 11.6 Å². The minimum Gasteiger partial charge on any atom is -0.313 e. The lowest BCUT2D eigenvalue weighted by atomic mass is 10.1. The van der Waals surface area contributed by atoms with Crippen LogP contribution < -0.4 is 5.32 Å². The summed E-state index contributed by atoms with van der Waals surface area (Å²) >= 11 is 6.08. The summed E-state index contributed by atoms with van der Waals surface area (Å²) in [4.78, 5) is 0.0592. The first kappa shape index (κ1) is 20.7. The van der Waals surface area contributed by atoms with E-state index in [1.54, 1.807) is 31.2 Å². The van der Waals surface area contributed by atoms with E-state index in [9.17, 15) is 13.7 Å². The van der Waals surface area contributed by atoms with Gasteiger partial charge in [-0.05, 0) is 36.2 Å². The van der Waals surface area contributed by atoms with E-state index in [1.165, 1.54) is 10.4 Å². The second kappa shape index (κ2) is 8.38. The van der Waals surface area contributed by atoms with E-state index in [2.05, 4.69) is 5.32 Å². The fourth-order valence-electron chi connectivity index (χ4n) is 3.10. The Kier molecular flexibility index (Phi) is 6.67. The number of benzene rings is 2. The van der Waals surface area contributed by atoms with Gasteiger partial charge < -0.3 is 5.32 Å². The molecule has 3 rings (SSSR count). The molecule has 1 N–H and O–H groups in total. The lowest BCUT2D eigenvalue weighted by Gasteiger charge is -2.35. The fourth-order valence-corrected chi connectivity index (χ4v) is 5.13. The first-order chi connectivity index (χ1) is 11.9. The molecule has 5 nitrogen and oxygen atoms in total. The topological polar surface area (TPSA) is 73.2 Å². The molecular weight excluding hydrogens is 393 g/mol. The van der Waals surface area contributed by atoms with Crippen LogP contribution in [0, 0.1) is 18.3 Å². The van der Waals surface area contributed by atoms with Gasteiger partial charge in [0.05, 0.1) is 11.6 Å². The van der Waals surface area contributed by atoms with Crippen molar-refractivity contribution in [2.75, 3.05) is 19.6 Å². The van der Waals surface area contributed by atoms with Crippen molar-refractivity contribution in [1.82, 2.24) is 9.62 Å². The van der Waals surface area contributed by atoms with Crippen LogP contribution in [0.3, 0.4) is 0 Å². The molecule has 2 aromatic rings. The van der Waals surface area contributed by atoms with Crippen molar-refractivity contribution in [3.8, 4) is 6.07 Å². The van der Waals surface area contributed by atoms with Gasteiger partial charge in [-0.1, -0.05) is 35.9 Å². The molecule has 0 radical (unpaired) electrons. The number of piperazine rings is 1. The molecule has 0 aromatic heterocycles. The molecule has 0 aliphatic carbocycles. The van der Waals surface area contributed by atoms with Crippen LogP contribution in [-0.4, -0.2) is 32.4 Å². The molecule has 1 atom stereocenters. The molecule has 1 heterocycles. The second-order valence-electron chi connectivity index (χ2n) is 5.95. The van der Waals surface area contributed by atoms with E-state index >= 15 is 0 Å². The van der Waals surface area contributed by atoms with Crippen molar-refractivity contribution in [3.63, 3.8) is 0 Å². The van der Waals surface area contributed by atoms with Crippen LogP contribution in [0.4, 0.5) is 0 Å². The van der Waals surface area contributed by atoms with Crippen LogP contribution in [0.2, 0.25) is 5.02 Å². The Balaban J connectivity index is 0.00000243. The van der Waals surface area contributed by atoms with Crippen molar-refractivity contribution >= 4 is 34.0 Å². The highest BCUT2D eigenvalue weighted by Gasteiger charge is 2.36. The maximum absolute atomic E-state index is 13.3. The van der Waals surface area contributed by atoms with Gasteiger partial charge in [0.1, 0.15) is 11.0 Å². The SMILES string of the molecule is Cc1cccc(S(=O)(=O)N2CCNCC2c2cccc(Cl)c2)c1C#N.Cl. The van der Waals surface area contributed by atoms with Crippen LogP contribution in [0.25, 0.3) is 0 Å². The van der Waals surface area contributed by atoms with Gasteiger partial charge in [-0.15, -0.1) is 12.4 Å². The number of rotatable bonds is 3. The first-order valence-electron chi connectivity index (χ1n) is 7.93. The van der Waals surface area contributed by atoms with E-state index < -0.39 is 10.0 Å². The minimum absolute atomic E-state index is 0. The Bertz CT molecular complexity index is 942. The predicted octanol–water partition coefficient (Wildman–Crippen LogP) is 3.28. The van der Waals surface area contributed by atoms with Gasteiger partial charge in [0, 0.05) is 24.7 Å². The number of aryl methyl sites for hydroxylation is 1. The minimum atomic E-state index is -3.81. The molecule has 0 bridgehead atoms. The van der Waals surface area contributed by atoms with Crippen molar-refractivity contribution in [1.29, 1.82) is 5.26 Å². The number of hydrogen-bond acceptors (Lipinski definition) is 4. The molecule has 26 heavy (non-hydrogen) atoms. The molecule has 8 heteroatoms. The summed E-state index contributed by atoms with van der Waals surface area (Å²) in [5.74, 6) is 0. The van der Waals surface area contributed by atoms with Crippen LogP contribution in [0.5, 0.6) is 0 Å². The highest BCUT2D eigenvalue weighted by molar-refractivity contribution is 7.89. The van der Waals surface area contributed by atoms with Gasteiger partial charge in [0.2, 0.25) is 10.0 Å². The summed E-state index contributed by atoms with van der Waals surface area (Å²) in [6.45, 7) is 3.12. The number of halogens is 2. The van der Waals surface area contributed by atoms with Crippen LogP contribution >= 0.6 is 24.0 Å². The Morgan fingerprint density at radius 2 is 2.00 bits per heavy atom. The summed E-state index contributed by atoms with van der Waals surface area (Å²) < 4.78 is 28.1. The maximum atomic E-state index is 13.3. The second-order valence-corrected chi connectivity index (χ2v) is 8.25. The third-order valence-electron chi connectivity index (χ3n) is 4.36. The molecule has 0 saturated carbocycles. The summed E-state index contributed by atoms with van der Waals surface area (Å²) in [6, 6.07) is 13.8. The highest BCUT2D eigenvalue weighted by atomic mass is 35.5. The Labute approximate surface area is 165 Å². The van der Waals surface area contributed by atoms with E-state index in [-0.39, 0.29) is 28.9 Å². The van der Waals surface area contributed by atoms with Gasteiger partial charge in [-0.3, -0.25) is 0 Å². The molecule has 1 fully saturated rings. The molecular formula is C18H19Cl2N3O2S. The standard InChI is InChI=1S/C18H18ClN3O2S.ClH/c1-13-4-2-7-18(16(13)11-20)25(23,24)22-9-8-21-12-17(22)14-5-3-6-15(19)10-14;/h2-7,10,17,21H,8-9,12H2,1H3;1H. The maximum Gasteiger partial charge on any atom is 0.245 e. The third-order valence-corrected chi connectivity index (χ3v) is 6.55. The number of hydrogen-bond donors (Lipinski definition) is 1. The summed E-state index contributed by atoms with van der Waals surface area (Å²) in [6.07, 6.45) is 0. The Morgan fingerprint density at radius 3 is 2.69 bits per heavy atom. The average Bonchev–Trinajstić information content (AvgIpc) is 2.61. The molecule has 1 aliphatic heterocycles. The fraction of sp³-hybridized carbons (Fsp3) is 0.278. The van der Waals surface area contributed by atoms with E-state index in [0.717, 1.165) is 5.56 Å². The molecule has 1 unspecified atom stereocenters. The lowest BCUT2D eigenvalue weighted by Crippen LogP contribution is -2.48. The van der Waals surface area contributed by atoms with Crippen molar-refractivity contribution in [3.05, 3.63) is 64.2 Å². The Hall–Kier alpha value is -1.62. The van der Waals surface area contributed by atoms with Gasteiger partial charge in [0.15, 0.2) is 0 Å². The molecule has 0 spiro atoms. The molecule has 138 valence electrons. The molecule has 2 aromatic carbocycles. The van der Waals surface area contributed by atoms with Gasteiger partial charge in [-0.25, -0.2) is 8.42 Å². The third kappa shape index (κ3) is 3.88. The van der Waals surface area contributed by atoms with Crippen LogP contribution in [0.1, 0.15) is 22.7 Å². The van der Waals surface area contributed by atoms with Gasteiger partial charge >= 0.3 is 0 Å². The van der Waals surface area contributed by atoms with Gasteiger partial charge in [-0.2, -0.15) is 9.57 Å². The first-order valence-corrected chi connectivity index (χ1v) is 9.74. The summed E-state index contributed by atoms with van der Waals surface area (Å²) in [5.41, 5.74) is 1.68. The van der Waals surface area contributed by atoms with Crippen LogP contribution in [-0.2, 0) is 10.0 Å². The van der Waals surface area contributed by atoms with Crippen molar-refractivity contribution in [2.24, 2.45) is 0 Å². The number of nitrogens with one attached hydrogen (secondary N) is 1.